The van der Waals surface area contributed by atoms with Crippen molar-refractivity contribution in [3.8, 4) is 0 Å². The maximum atomic E-state index is 10.8. The first kappa shape index (κ1) is 12.2. The Labute approximate surface area is 96.6 Å². The van der Waals surface area contributed by atoms with Crippen molar-refractivity contribution in [2.45, 2.75) is 6.92 Å². The smallest absolute Gasteiger partial charge is 0.0412 e. The molecule has 0 spiro atoms. The first-order chi connectivity index (χ1) is 7.04. The lowest BCUT2D eigenvalue weighted by Gasteiger charge is -2.07. The quantitative estimate of drug-likeness (QED) is 0.603. The zero-order valence-electron chi connectivity index (χ0n) is 8.20. The van der Waals surface area contributed by atoms with Crippen molar-refractivity contribution in [3.63, 3.8) is 0 Å². The molecule has 0 aliphatic rings. The third kappa shape index (κ3) is 3.30. The number of allylic oxidation sites excluding steroid dienone is 1. The summed E-state index contributed by atoms with van der Waals surface area (Å²) >= 11 is 3.55. The van der Waals surface area contributed by atoms with Gasteiger partial charge in [-0.15, -0.1) is 0 Å². The second-order valence-electron chi connectivity index (χ2n) is 2.99. The van der Waals surface area contributed by atoms with E-state index >= 15 is 0 Å². The fourth-order valence-corrected chi connectivity index (χ4v) is 1.63. The molecule has 0 N–H and O–H groups in total. The van der Waals surface area contributed by atoms with E-state index < -0.39 is 11.1 Å². The summed E-state index contributed by atoms with van der Waals surface area (Å²) in [6.07, 6.45) is 2.83. The molecule has 1 atom stereocenters. The highest BCUT2D eigenvalue weighted by molar-refractivity contribution is 7.83. The van der Waals surface area contributed by atoms with Crippen molar-refractivity contribution in [1.82, 2.24) is 0 Å². The lowest BCUT2D eigenvalue weighted by molar-refractivity contribution is 0.545. The molecule has 1 unspecified atom stereocenters. The van der Waals surface area contributed by atoms with E-state index in [-0.39, 0.29) is 4.91 Å². The van der Waals surface area contributed by atoms with Crippen LogP contribution >= 0.6 is 11.6 Å². The van der Waals surface area contributed by atoms with Crippen LogP contribution in [0.3, 0.4) is 0 Å². The van der Waals surface area contributed by atoms with Crippen molar-refractivity contribution >= 4 is 28.8 Å². The van der Waals surface area contributed by atoms with Crippen LogP contribution in [-0.4, -0.2) is 8.76 Å². The highest BCUT2D eigenvalue weighted by Crippen LogP contribution is 2.19. The molecule has 0 aliphatic carbocycles. The van der Waals surface area contributed by atoms with Gasteiger partial charge in [0.05, 0.1) is 0 Å². The summed E-state index contributed by atoms with van der Waals surface area (Å²) in [5.41, 5.74) is 1.74. The third-order valence-corrected chi connectivity index (χ3v) is 2.84. The lowest BCUT2D eigenvalue weighted by Crippen LogP contribution is -1.90. The van der Waals surface area contributed by atoms with Crippen molar-refractivity contribution in [2.75, 3.05) is 0 Å². The Bertz CT molecular complexity index is 438. The molecular formula is C11H10ClO2S-. The maximum Gasteiger partial charge on any atom is 0.0412 e. The van der Waals surface area contributed by atoms with E-state index in [0.29, 0.717) is 5.02 Å². The van der Waals surface area contributed by atoms with Gasteiger partial charge in [-0.05, 0) is 47.3 Å². The van der Waals surface area contributed by atoms with E-state index in [1.54, 1.807) is 12.1 Å². The molecule has 0 amide bonds. The molecule has 2 nitrogen and oxygen atoms in total. The molecule has 15 heavy (non-hydrogen) atoms. The van der Waals surface area contributed by atoms with Gasteiger partial charge in [-0.25, -0.2) is 0 Å². The Balaban J connectivity index is 3.21. The van der Waals surface area contributed by atoms with Crippen molar-refractivity contribution in [3.05, 3.63) is 51.9 Å². The van der Waals surface area contributed by atoms with E-state index in [1.165, 1.54) is 12.2 Å². The number of benzene rings is 1. The lowest BCUT2D eigenvalue weighted by atomic mass is 10.1. The van der Waals surface area contributed by atoms with Crippen LogP contribution in [0.5, 0.6) is 0 Å². The molecule has 0 fully saturated rings. The average molecular weight is 242 g/mol. The Kier molecular flexibility index (Phi) is 4.27. The fourth-order valence-electron chi connectivity index (χ4n) is 1.10. The molecule has 0 heterocycles. The van der Waals surface area contributed by atoms with Gasteiger partial charge >= 0.3 is 0 Å². The zero-order valence-corrected chi connectivity index (χ0v) is 9.77. The van der Waals surface area contributed by atoms with Crippen LogP contribution in [0.15, 0.2) is 35.8 Å². The number of hydrogen-bond acceptors (Lipinski definition) is 2. The molecule has 0 saturated heterocycles. The Hall–Kier alpha value is -0.900. The average Bonchev–Trinajstić information content (AvgIpc) is 2.18. The molecule has 0 radical (unpaired) electrons. The third-order valence-electron chi connectivity index (χ3n) is 1.93. The van der Waals surface area contributed by atoms with Gasteiger partial charge in [-0.1, -0.05) is 30.3 Å². The molecule has 1 rings (SSSR count). The van der Waals surface area contributed by atoms with E-state index in [2.05, 4.69) is 6.58 Å². The highest BCUT2D eigenvalue weighted by Gasteiger charge is 1.98. The summed E-state index contributed by atoms with van der Waals surface area (Å²) in [4.78, 5) is 0.153. The number of rotatable bonds is 3. The Morgan fingerprint density at radius 3 is 2.80 bits per heavy atom. The minimum Gasteiger partial charge on any atom is -0.768 e. The van der Waals surface area contributed by atoms with Crippen molar-refractivity contribution in [2.24, 2.45) is 0 Å². The van der Waals surface area contributed by atoms with E-state index in [9.17, 15) is 8.76 Å². The largest absolute Gasteiger partial charge is 0.768 e. The zero-order chi connectivity index (χ0) is 11.4. The molecule has 0 aromatic heterocycles. The Morgan fingerprint density at radius 2 is 2.27 bits per heavy atom. The topological polar surface area (TPSA) is 40.1 Å². The molecule has 0 saturated carbocycles. The molecule has 0 bridgehead atoms. The minimum atomic E-state index is -2.27. The first-order valence-corrected chi connectivity index (χ1v) is 5.69. The summed E-state index contributed by atoms with van der Waals surface area (Å²) in [5, 5.41) is 0.576. The van der Waals surface area contributed by atoms with Crippen LogP contribution in [0, 0.1) is 6.92 Å². The second-order valence-corrected chi connectivity index (χ2v) is 4.36. The van der Waals surface area contributed by atoms with Gasteiger partial charge in [0.15, 0.2) is 0 Å². The number of aryl methyl sites for hydroxylation is 1. The van der Waals surface area contributed by atoms with Crippen LogP contribution in [0.1, 0.15) is 11.1 Å². The summed E-state index contributed by atoms with van der Waals surface area (Å²) in [6, 6.07) is 5.31. The summed E-state index contributed by atoms with van der Waals surface area (Å²) in [5.74, 6) is 0. The van der Waals surface area contributed by atoms with Crippen LogP contribution < -0.4 is 0 Å². The van der Waals surface area contributed by atoms with Crippen LogP contribution in [-0.2, 0) is 11.1 Å². The first-order valence-electron chi connectivity index (χ1n) is 4.24. The fraction of sp³-hybridized carbons (Fsp3) is 0.0909. The molecule has 1 aromatic rings. The molecule has 80 valence electrons. The van der Waals surface area contributed by atoms with Gasteiger partial charge in [-0.3, -0.25) is 4.21 Å². The molecule has 0 aliphatic heterocycles. The number of hydrogen-bond donors (Lipinski definition) is 0. The molecule has 1 aromatic carbocycles. The number of halogens is 1. The van der Waals surface area contributed by atoms with Crippen LogP contribution in [0.2, 0.25) is 5.02 Å². The van der Waals surface area contributed by atoms with Gasteiger partial charge < -0.3 is 4.55 Å². The van der Waals surface area contributed by atoms with E-state index in [1.807, 2.05) is 13.0 Å². The van der Waals surface area contributed by atoms with Crippen LogP contribution in [0.4, 0.5) is 0 Å². The SMILES string of the molecule is C=C/C(=C\c1cc(Cl)ccc1C)S(=O)[O-]. The monoisotopic (exact) mass is 241 g/mol. The van der Waals surface area contributed by atoms with Gasteiger partial charge in [-0.2, -0.15) is 0 Å². The molecule has 4 heteroatoms. The normalized spacial score (nSPS) is 13.7. The van der Waals surface area contributed by atoms with E-state index in [0.717, 1.165) is 11.1 Å². The summed E-state index contributed by atoms with van der Waals surface area (Å²) in [6.45, 7) is 5.32. The van der Waals surface area contributed by atoms with Gasteiger partial charge in [0, 0.05) is 9.93 Å². The van der Waals surface area contributed by atoms with E-state index in [4.69, 9.17) is 11.6 Å². The standard InChI is InChI=1S/C11H11ClO2S/c1-3-11(15(13)14)7-9-6-10(12)5-4-8(9)2/h3-7H,1H2,2H3,(H,13,14)/p-1/b11-7+. The second kappa shape index (κ2) is 5.26. The van der Waals surface area contributed by atoms with Crippen molar-refractivity contribution in [1.29, 1.82) is 0 Å². The summed E-state index contributed by atoms with van der Waals surface area (Å²) < 4.78 is 21.5. The van der Waals surface area contributed by atoms with Crippen molar-refractivity contribution < 1.29 is 8.76 Å². The molecular weight excluding hydrogens is 232 g/mol. The van der Waals surface area contributed by atoms with Gasteiger partial charge in [0.25, 0.3) is 0 Å². The highest BCUT2D eigenvalue weighted by atomic mass is 35.5. The summed E-state index contributed by atoms with van der Waals surface area (Å²) in [7, 11) is 0. The predicted molar refractivity (Wildman–Crippen MR) is 63.3 cm³/mol. The maximum absolute atomic E-state index is 10.8. The minimum absolute atomic E-state index is 0.153. The predicted octanol–water partition coefficient (Wildman–Crippen LogP) is 3.05. The Morgan fingerprint density at radius 1 is 1.60 bits per heavy atom. The van der Waals surface area contributed by atoms with Gasteiger partial charge in [0.1, 0.15) is 0 Å². The van der Waals surface area contributed by atoms with Gasteiger partial charge in [0.2, 0.25) is 0 Å². The van der Waals surface area contributed by atoms with Crippen LogP contribution in [0.25, 0.3) is 6.08 Å².